The Balaban J connectivity index is 0.000000735. The smallest absolute Gasteiger partial charge is 0.300 e. The topological polar surface area (TPSA) is 159 Å². The number of amides is 2. The number of imidazole rings is 1. The molecule has 0 saturated heterocycles. The Kier molecular flexibility index (Phi) is 8.41. The fourth-order valence-electron chi connectivity index (χ4n) is 3.11. The summed E-state index contributed by atoms with van der Waals surface area (Å²) in [6.07, 6.45) is 8.44. The molecule has 0 radical (unpaired) electrons. The summed E-state index contributed by atoms with van der Waals surface area (Å²) in [5, 5.41) is 23.4. The molecule has 1 saturated carbocycles. The molecule has 3 atom stereocenters. The number of aliphatic hydroxyl groups is 1. The van der Waals surface area contributed by atoms with Gasteiger partial charge in [0.15, 0.2) is 0 Å². The maximum atomic E-state index is 12.3. The van der Waals surface area contributed by atoms with Gasteiger partial charge in [-0.2, -0.15) is 0 Å². The number of rotatable bonds is 5. The summed E-state index contributed by atoms with van der Waals surface area (Å²) in [5.74, 6) is -1.52. The number of nitrogens with zero attached hydrogens (tertiary/aromatic N) is 4. The summed E-state index contributed by atoms with van der Waals surface area (Å²) in [5.41, 5.74) is 1.11. The lowest BCUT2D eigenvalue weighted by molar-refractivity contribution is -0.134. The number of nitrogens with one attached hydrogen (secondary N) is 2. The van der Waals surface area contributed by atoms with Crippen LogP contribution >= 0.6 is 0 Å². The molecule has 0 unspecified atom stereocenters. The van der Waals surface area contributed by atoms with Crippen molar-refractivity contribution in [2.24, 2.45) is 13.0 Å². The zero-order chi connectivity index (χ0) is 22.1. The first-order chi connectivity index (χ1) is 14.3. The summed E-state index contributed by atoms with van der Waals surface area (Å²) >= 11 is 0. The lowest BCUT2D eigenvalue weighted by Crippen LogP contribution is -2.49. The Morgan fingerprint density at radius 1 is 1.20 bits per heavy atom. The molecule has 0 aromatic carbocycles. The predicted octanol–water partition coefficient (Wildman–Crippen LogP) is -0.123. The number of carboxylic acid groups (broad SMARTS) is 1. The van der Waals surface area contributed by atoms with Crippen LogP contribution in [0, 0.1) is 5.92 Å². The first-order valence-corrected chi connectivity index (χ1v) is 9.45. The number of aromatic nitrogens is 4. The number of hydrogen-bond donors (Lipinski definition) is 4. The van der Waals surface area contributed by atoms with Gasteiger partial charge in [-0.3, -0.25) is 24.4 Å². The third-order valence-electron chi connectivity index (χ3n) is 4.61. The van der Waals surface area contributed by atoms with Crippen molar-refractivity contribution in [1.82, 2.24) is 30.2 Å². The summed E-state index contributed by atoms with van der Waals surface area (Å²) in [6, 6.07) is -0.374. The molecule has 2 aromatic heterocycles. The summed E-state index contributed by atoms with van der Waals surface area (Å²) in [4.78, 5) is 45.5. The van der Waals surface area contributed by atoms with Crippen LogP contribution in [0.2, 0.25) is 0 Å². The number of carbonyl (C=O) groups excluding carboxylic acids is 2. The molecule has 11 heteroatoms. The van der Waals surface area contributed by atoms with Gasteiger partial charge in [-0.15, -0.1) is 0 Å². The van der Waals surface area contributed by atoms with Gasteiger partial charge in [0.25, 0.3) is 11.9 Å². The first kappa shape index (κ1) is 22.9. The SMILES string of the molecule is CC(=O)O.Cn1cncc1C(=O)N[C@@H]1CC[C@H](C(=O)NCc2cnccn2)C[C@H]1O. The van der Waals surface area contributed by atoms with E-state index < -0.39 is 12.1 Å². The first-order valence-electron chi connectivity index (χ1n) is 9.45. The van der Waals surface area contributed by atoms with Crippen molar-refractivity contribution in [2.75, 3.05) is 0 Å². The molecule has 0 bridgehead atoms. The van der Waals surface area contributed by atoms with Crippen molar-refractivity contribution in [3.63, 3.8) is 0 Å². The third-order valence-corrected chi connectivity index (χ3v) is 4.61. The number of aliphatic hydroxyl groups excluding tert-OH is 1. The van der Waals surface area contributed by atoms with Gasteiger partial charge < -0.3 is 25.4 Å². The van der Waals surface area contributed by atoms with E-state index in [1.165, 1.54) is 6.20 Å². The van der Waals surface area contributed by atoms with E-state index in [1.807, 2.05) is 0 Å². The van der Waals surface area contributed by atoms with Gasteiger partial charge >= 0.3 is 0 Å². The third kappa shape index (κ3) is 6.92. The van der Waals surface area contributed by atoms with E-state index in [0.29, 0.717) is 37.2 Å². The highest BCUT2D eigenvalue weighted by molar-refractivity contribution is 5.92. The van der Waals surface area contributed by atoms with Gasteiger partial charge in [-0.1, -0.05) is 0 Å². The van der Waals surface area contributed by atoms with Gasteiger partial charge in [-0.25, -0.2) is 4.98 Å². The zero-order valence-corrected chi connectivity index (χ0v) is 16.9. The van der Waals surface area contributed by atoms with Crippen molar-refractivity contribution < 1.29 is 24.6 Å². The molecule has 0 aliphatic heterocycles. The Hall–Kier alpha value is -3.34. The standard InChI is InChI=1S/C17H22N6O3.C2H4O2/c1-23-10-19-9-14(23)17(26)22-13-3-2-11(6-15(13)24)16(25)21-8-12-7-18-4-5-20-12;1-2(3)4/h4-5,7,9-11,13,15,24H,2-3,6,8H2,1H3,(H,21,25)(H,22,26);1H3,(H,3,4)/t11-,13+,15+;/m0./s1. The van der Waals surface area contributed by atoms with Crippen molar-refractivity contribution in [3.05, 3.63) is 42.5 Å². The van der Waals surface area contributed by atoms with E-state index in [0.717, 1.165) is 6.92 Å². The van der Waals surface area contributed by atoms with Crippen molar-refractivity contribution in [2.45, 2.75) is 44.9 Å². The minimum absolute atomic E-state index is 0.119. The Bertz CT molecular complexity index is 852. The van der Waals surface area contributed by atoms with Crippen LogP contribution in [0.25, 0.3) is 0 Å². The molecular weight excluding hydrogens is 392 g/mol. The molecule has 1 fully saturated rings. The molecule has 2 heterocycles. The van der Waals surface area contributed by atoms with Crippen LogP contribution in [0.1, 0.15) is 42.4 Å². The van der Waals surface area contributed by atoms with E-state index in [-0.39, 0.29) is 23.8 Å². The molecule has 0 spiro atoms. The maximum absolute atomic E-state index is 12.3. The van der Waals surface area contributed by atoms with E-state index in [2.05, 4.69) is 25.6 Å². The monoisotopic (exact) mass is 418 g/mol. The lowest BCUT2D eigenvalue weighted by atomic mass is 9.83. The van der Waals surface area contributed by atoms with E-state index in [9.17, 15) is 14.7 Å². The highest BCUT2D eigenvalue weighted by atomic mass is 16.4. The average Bonchev–Trinajstić information content (AvgIpc) is 3.14. The second kappa shape index (κ2) is 11.0. The number of hydrogen-bond acceptors (Lipinski definition) is 7. The molecule has 4 N–H and O–H groups in total. The van der Waals surface area contributed by atoms with Crippen LogP contribution in [-0.2, 0) is 23.2 Å². The largest absolute Gasteiger partial charge is 0.481 e. The van der Waals surface area contributed by atoms with Crippen LogP contribution < -0.4 is 10.6 Å². The van der Waals surface area contributed by atoms with E-state index in [4.69, 9.17) is 9.90 Å². The molecule has 11 nitrogen and oxygen atoms in total. The van der Waals surface area contributed by atoms with Crippen LogP contribution in [0.4, 0.5) is 0 Å². The van der Waals surface area contributed by atoms with Crippen molar-refractivity contribution in [1.29, 1.82) is 0 Å². The van der Waals surface area contributed by atoms with E-state index >= 15 is 0 Å². The molecule has 3 rings (SSSR count). The maximum Gasteiger partial charge on any atom is 0.300 e. The highest BCUT2D eigenvalue weighted by Gasteiger charge is 2.34. The van der Waals surface area contributed by atoms with Crippen molar-refractivity contribution >= 4 is 17.8 Å². The lowest BCUT2D eigenvalue weighted by Gasteiger charge is -2.32. The summed E-state index contributed by atoms with van der Waals surface area (Å²) in [7, 11) is 1.73. The summed E-state index contributed by atoms with van der Waals surface area (Å²) < 4.78 is 1.62. The predicted molar refractivity (Wildman–Crippen MR) is 105 cm³/mol. The molecular formula is C19H26N6O5. The molecule has 2 amide bonds. The van der Waals surface area contributed by atoms with Gasteiger partial charge in [0, 0.05) is 32.3 Å². The molecule has 1 aliphatic rings. The molecule has 162 valence electrons. The van der Waals surface area contributed by atoms with Gasteiger partial charge in [-0.05, 0) is 19.3 Å². The minimum Gasteiger partial charge on any atom is -0.481 e. The van der Waals surface area contributed by atoms with Gasteiger partial charge in [0.2, 0.25) is 5.91 Å². The molecule has 2 aromatic rings. The van der Waals surface area contributed by atoms with E-state index in [1.54, 1.807) is 36.5 Å². The number of aliphatic carboxylic acids is 1. The number of aryl methyl sites for hydroxylation is 1. The van der Waals surface area contributed by atoms with Crippen molar-refractivity contribution in [3.8, 4) is 0 Å². The van der Waals surface area contributed by atoms with Gasteiger partial charge in [0.05, 0.1) is 43.1 Å². The van der Waals surface area contributed by atoms with Crippen LogP contribution in [0.5, 0.6) is 0 Å². The second-order valence-electron chi connectivity index (χ2n) is 6.98. The fraction of sp³-hybridized carbons (Fsp3) is 0.474. The Morgan fingerprint density at radius 2 is 1.93 bits per heavy atom. The molecule has 1 aliphatic carbocycles. The quantitative estimate of drug-likeness (QED) is 0.523. The normalized spacial score (nSPS) is 20.4. The Morgan fingerprint density at radius 3 is 2.50 bits per heavy atom. The number of carbonyl (C=O) groups is 3. The van der Waals surface area contributed by atoms with Gasteiger partial charge in [0.1, 0.15) is 5.69 Å². The fourth-order valence-corrected chi connectivity index (χ4v) is 3.11. The second-order valence-corrected chi connectivity index (χ2v) is 6.98. The minimum atomic E-state index is -0.833. The molecule has 30 heavy (non-hydrogen) atoms. The highest BCUT2D eigenvalue weighted by Crippen LogP contribution is 2.25. The van der Waals surface area contributed by atoms with Crippen LogP contribution in [0.15, 0.2) is 31.1 Å². The van der Waals surface area contributed by atoms with Crippen LogP contribution in [0.3, 0.4) is 0 Å². The zero-order valence-electron chi connectivity index (χ0n) is 16.9. The van der Waals surface area contributed by atoms with Crippen LogP contribution in [-0.4, -0.2) is 59.7 Å². The Labute approximate surface area is 173 Å². The number of carboxylic acids is 1. The average molecular weight is 418 g/mol. The summed E-state index contributed by atoms with van der Waals surface area (Å²) in [6.45, 7) is 1.39.